The monoisotopic (exact) mass is 394 g/mol. The zero-order valence-electron chi connectivity index (χ0n) is 16.3. The van der Waals surface area contributed by atoms with Crippen LogP contribution in [0.15, 0.2) is 36.9 Å². The van der Waals surface area contributed by atoms with Gasteiger partial charge in [0.2, 0.25) is 5.91 Å². The molecule has 1 saturated carbocycles. The van der Waals surface area contributed by atoms with Gasteiger partial charge in [-0.3, -0.25) is 9.48 Å². The molecule has 3 aromatic rings. The molecule has 2 unspecified atom stereocenters. The lowest BCUT2D eigenvalue weighted by molar-refractivity contribution is -0.136. The summed E-state index contributed by atoms with van der Waals surface area (Å²) in [5.41, 5.74) is 4.33. The number of aryl methyl sites for hydroxylation is 1. The zero-order valence-corrected chi connectivity index (χ0v) is 16.3. The lowest BCUT2D eigenvalue weighted by atomic mass is 10.1. The van der Waals surface area contributed by atoms with E-state index in [1.807, 2.05) is 41.3 Å². The Hall–Kier alpha value is -2.90. The van der Waals surface area contributed by atoms with Crippen LogP contribution in [0, 0.1) is 5.92 Å². The highest BCUT2D eigenvalue weighted by Crippen LogP contribution is 2.41. The Kier molecular flexibility index (Phi) is 3.54. The van der Waals surface area contributed by atoms with E-state index in [4.69, 9.17) is 0 Å². The highest BCUT2D eigenvalue weighted by atomic mass is 19.1. The second kappa shape index (κ2) is 6.05. The molecule has 3 aromatic heterocycles. The van der Waals surface area contributed by atoms with E-state index in [2.05, 4.69) is 27.2 Å². The number of halogens is 1. The van der Waals surface area contributed by atoms with Crippen molar-refractivity contribution in [1.29, 1.82) is 0 Å². The fraction of sp³-hybridized carbons (Fsp3) is 0.476. The predicted octanol–water partition coefficient (Wildman–Crippen LogP) is 2.27. The first-order valence-corrected chi connectivity index (χ1v) is 10.3. The van der Waals surface area contributed by atoms with Crippen LogP contribution in [0.4, 0.5) is 10.1 Å². The Bertz CT molecular complexity index is 1090. The summed E-state index contributed by atoms with van der Waals surface area (Å²) >= 11 is 0. The van der Waals surface area contributed by atoms with Crippen molar-refractivity contribution >= 4 is 17.1 Å². The summed E-state index contributed by atoms with van der Waals surface area (Å²) in [7, 11) is 1.91. The van der Waals surface area contributed by atoms with Gasteiger partial charge in [-0.05, 0) is 31.4 Å². The van der Waals surface area contributed by atoms with Gasteiger partial charge in [0.15, 0.2) is 0 Å². The molecule has 3 aliphatic rings. The average Bonchev–Trinajstić information content (AvgIpc) is 3.04. The number of aromatic nitrogens is 4. The molecule has 2 bridgehead atoms. The number of piperazine rings is 1. The molecule has 4 atom stereocenters. The Morgan fingerprint density at radius 3 is 2.55 bits per heavy atom. The Morgan fingerprint density at radius 1 is 1.14 bits per heavy atom. The SMILES string of the molecule is Cn1cc(-c2cc3c(N4CC5CCC(C4)N5C(=O)[C@@H]4C[C@H]4F)ccnn3c2)cn1. The van der Waals surface area contributed by atoms with Gasteiger partial charge in [0.05, 0.1) is 23.3 Å². The number of alkyl halides is 1. The maximum atomic E-state index is 13.4. The first-order valence-electron chi connectivity index (χ1n) is 10.3. The number of rotatable bonds is 3. The Morgan fingerprint density at radius 2 is 1.90 bits per heavy atom. The van der Waals surface area contributed by atoms with Crippen LogP contribution in [-0.4, -0.2) is 61.5 Å². The zero-order chi connectivity index (χ0) is 19.7. The minimum Gasteiger partial charge on any atom is -0.366 e. The number of fused-ring (bicyclic) bond motifs is 3. The molecule has 1 amide bonds. The van der Waals surface area contributed by atoms with Crippen molar-refractivity contribution in [3.63, 3.8) is 0 Å². The number of nitrogens with zero attached hydrogens (tertiary/aromatic N) is 6. The molecule has 6 rings (SSSR count). The van der Waals surface area contributed by atoms with Crippen molar-refractivity contribution in [3.8, 4) is 11.1 Å². The van der Waals surface area contributed by atoms with Gasteiger partial charge < -0.3 is 9.80 Å². The molecule has 2 saturated heterocycles. The number of carbonyl (C=O) groups is 1. The molecule has 8 heteroatoms. The van der Waals surface area contributed by atoms with E-state index >= 15 is 0 Å². The molecular weight excluding hydrogens is 371 g/mol. The maximum absolute atomic E-state index is 13.4. The van der Waals surface area contributed by atoms with E-state index in [9.17, 15) is 9.18 Å². The van der Waals surface area contributed by atoms with Gasteiger partial charge in [-0.1, -0.05) is 0 Å². The van der Waals surface area contributed by atoms with Crippen LogP contribution in [0.5, 0.6) is 0 Å². The quantitative estimate of drug-likeness (QED) is 0.684. The number of anilines is 1. The van der Waals surface area contributed by atoms with Crippen LogP contribution in [0.3, 0.4) is 0 Å². The molecule has 0 N–H and O–H groups in total. The van der Waals surface area contributed by atoms with Crippen LogP contribution in [-0.2, 0) is 11.8 Å². The molecule has 0 radical (unpaired) electrons. The van der Waals surface area contributed by atoms with Gasteiger partial charge >= 0.3 is 0 Å². The third-order valence-electron chi connectivity index (χ3n) is 6.63. The van der Waals surface area contributed by atoms with Crippen molar-refractivity contribution in [1.82, 2.24) is 24.3 Å². The fourth-order valence-corrected chi connectivity index (χ4v) is 5.07. The van der Waals surface area contributed by atoms with Crippen LogP contribution in [0.1, 0.15) is 19.3 Å². The van der Waals surface area contributed by atoms with Gasteiger partial charge in [-0.2, -0.15) is 10.2 Å². The number of amides is 1. The number of hydrogen-bond donors (Lipinski definition) is 0. The molecule has 2 aliphatic heterocycles. The first kappa shape index (κ1) is 17.0. The van der Waals surface area contributed by atoms with Crippen molar-refractivity contribution in [2.75, 3.05) is 18.0 Å². The van der Waals surface area contributed by atoms with Gasteiger partial charge in [0.25, 0.3) is 0 Å². The summed E-state index contributed by atoms with van der Waals surface area (Å²) < 4.78 is 17.1. The van der Waals surface area contributed by atoms with Crippen molar-refractivity contribution in [3.05, 3.63) is 36.9 Å². The molecule has 0 aromatic carbocycles. The standard InChI is InChI=1S/C21H23FN6O/c1-25-9-14(8-24-25)13-6-20-19(4-5-23-27(20)10-13)26-11-15-2-3-16(12-26)28(15)21(29)17-7-18(17)22/h4-6,8-10,15-18H,2-3,7,11-12H2,1H3/t15?,16?,17-,18-/m1/s1. The Labute approximate surface area is 167 Å². The molecule has 3 fully saturated rings. The first-order chi connectivity index (χ1) is 14.1. The lowest BCUT2D eigenvalue weighted by Gasteiger charge is -2.42. The Balaban J connectivity index is 1.31. The third kappa shape index (κ3) is 2.65. The second-order valence-electron chi connectivity index (χ2n) is 8.57. The molecule has 150 valence electrons. The summed E-state index contributed by atoms with van der Waals surface area (Å²) in [4.78, 5) is 17.1. The van der Waals surface area contributed by atoms with E-state index in [1.165, 1.54) is 0 Å². The largest absolute Gasteiger partial charge is 0.366 e. The molecule has 29 heavy (non-hydrogen) atoms. The maximum Gasteiger partial charge on any atom is 0.229 e. The van der Waals surface area contributed by atoms with Crippen LogP contribution in [0.2, 0.25) is 0 Å². The summed E-state index contributed by atoms with van der Waals surface area (Å²) in [6.07, 6.45) is 9.19. The van der Waals surface area contributed by atoms with Crippen molar-refractivity contribution in [2.45, 2.75) is 37.5 Å². The number of hydrogen-bond acceptors (Lipinski definition) is 4. The smallest absolute Gasteiger partial charge is 0.229 e. The summed E-state index contributed by atoms with van der Waals surface area (Å²) in [6.45, 7) is 1.58. The highest BCUT2D eigenvalue weighted by molar-refractivity contribution is 5.84. The van der Waals surface area contributed by atoms with Crippen LogP contribution >= 0.6 is 0 Å². The highest BCUT2D eigenvalue weighted by Gasteiger charge is 2.51. The number of carbonyl (C=O) groups excluding carboxylic acids is 1. The topological polar surface area (TPSA) is 58.7 Å². The second-order valence-corrected chi connectivity index (χ2v) is 8.57. The average molecular weight is 394 g/mol. The van der Waals surface area contributed by atoms with Crippen molar-refractivity contribution in [2.24, 2.45) is 13.0 Å². The summed E-state index contributed by atoms with van der Waals surface area (Å²) in [5, 5.41) is 8.75. The normalized spacial score (nSPS) is 28.3. The van der Waals surface area contributed by atoms with Crippen molar-refractivity contribution < 1.29 is 9.18 Å². The predicted molar refractivity (Wildman–Crippen MR) is 106 cm³/mol. The summed E-state index contributed by atoms with van der Waals surface area (Å²) in [5.74, 6) is -0.351. The summed E-state index contributed by atoms with van der Waals surface area (Å²) in [6, 6.07) is 4.55. The van der Waals surface area contributed by atoms with Gasteiger partial charge in [0.1, 0.15) is 6.17 Å². The third-order valence-corrected chi connectivity index (χ3v) is 6.63. The van der Waals surface area contributed by atoms with Gasteiger partial charge in [-0.25, -0.2) is 8.91 Å². The molecule has 7 nitrogen and oxygen atoms in total. The van der Waals surface area contributed by atoms with E-state index in [1.54, 1.807) is 4.68 Å². The van der Waals surface area contributed by atoms with Gasteiger partial charge in [0, 0.05) is 61.9 Å². The van der Waals surface area contributed by atoms with Crippen LogP contribution < -0.4 is 4.90 Å². The van der Waals surface area contributed by atoms with E-state index in [0.29, 0.717) is 6.42 Å². The molecular formula is C21H23FN6O. The minimum absolute atomic E-state index is 0.0334. The van der Waals surface area contributed by atoms with E-state index < -0.39 is 6.17 Å². The minimum atomic E-state index is -0.925. The van der Waals surface area contributed by atoms with Crippen LogP contribution in [0.25, 0.3) is 16.6 Å². The lowest BCUT2D eigenvalue weighted by Crippen LogP contribution is -2.56. The molecule has 5 heterocycles. The van der Waals surface area contributed by atoms with E-state index in [-0.39, 0.29) is 23.9 Å². The fourth-order valence-electron chi connectivity index (χ4n) is 5.07. The van der Waals surface area contributed by atoms with E-state index in [0.717, 1.165) is 48.3 Å². The molecule has 0 spiro atoms. The molecule has 1 aliphatic carbocycles. The van der Waals surface area contributed by atoms with Gasteiger partial charge in [-0.15, -0.1) is 0 Å².